The molecule has 1 atom stereocenters. The van der Waals surface area contributed by atoms with Crippen LogP contribution in [0.5, 0.6) is 0 Å². The maximum atomic E-state index is 10.6. The molecule has 10 heteroatoms. The van der Waals surface area contributed by atoms with Gasteiger partial charge < -0.3 is 5.11 Å². The monoisotopic (exact) mass is 250 g/mol. The van der Waals surface area contributed by atoms with Gasteiger partial charge in [0.05, 0.1) is 0 Å². The second-order valence-electron chi connectivity index (χ2n) is 2.24. The van der Waals surface area contributed by atoms with Crippen LogP contribution in [-0.4, -0.2) is 32.8 Å². The third-order valence-electron chi connectivity index (χ3n) is 0.934. The summed E-state index contributed by atoms with van der Waals surface area (Å²) >= 11 is 0. The molecule has 8 nitrogen and oxygen atoms in total. The average molecular weight is 250 g/mol. The molecule has 0 saturated heterocycles. The SMILES string of the molecule is CCCC(O)OS(=O)(=O)OS(=O)(=O)O. The summed E-state index contributed by atoms with van der Waals surface area (Å²) in [5.74, 6) is 0. The molecule has 0 spiro atoms. The van der Waals surface area contributed by atoms with Crippen molar-refractivity contribution in [2.45, 2.75) is 26.1 Å². The van der Waals surface area contributed by atoms with Gasteiger partial charge in [0.25, 0.3) is 0 Å². The van der Waals surface area contributed by atoms with Gasteiger partial charge in [-0.05, 0) is 6.42 Å². The molecule has 86 valence electrons. The number of hydrogen-bond acceptors (Lipinski definition) is 7. The molecule has 0 bridgehead atoms. The van der Waals surface area contributed by atoms with Gasteiger partial charge in [0.15, 0.2) is 6.29 Å². The summed E-state index contributed by atoms with van der Waals surface area (Å²) in [5, 5.41) is 8.82. The molecule has 0 rings (SSSR count). The molecule has 0 aliphatic heterocycles. The Balaban J connectivity index is 4.37. The van der Waals surface area contributed by atoms with Crippen LogP contribution in [0.2, 0.25) is 0 Å². The lowest BCUT2D eigenvalue weighted by Crippen LogP contribution is -2.22. The Kier molecular flexibility index (Phi) is 4.91. The van der Waals surface area contributed by atoms with E-state index in [-0.39, 0.29) is 6.42 Å². The zero-order valence-electron chi connectivity index (χ0n) is 7.15. The quantitative estimate of drug-likeness (QED) is 0.462. The molecule has 1 unspecified atom stereocenters. The summed E-state index contributed by atoms with van der Waals surface area (Å²) in [4.78, 5) is 0. The van der Waals surface area contributed by atoms with Crippen LogP contribution in [0.3, 0.4) is 0 Å². The van der Waals surface area contributed by atoms with E-state index in [0.29, 0.717) is 6.42 Å². The molecule has 0 amide bonds. The minimum Gasteiger partial charge on any atom is -0.367 e. The van der Waals surface area contributed by atoms with E-state index in [1.54, 1.807) is 6.92 Å². The first-order valence-electron chi connectivity index (χ1n) is 3.46. The van der Waals surface area contributed by atoms with Gasteiger partial charge in [-0.15, -0.1) is 3.63 Å². The summed E-state index contributed by atoms with van der Waals surface area (Å²) in [7, 11) is -10.1. The molecule has 0 fully saturated rings. The van der Waals surface area contributed by atoms with Gasteiger partial charge in [-0.1, -0.05) is 13.3 Å². The van der Waals surface area contributed by atoms with Crippen molar-refractivity contribution in [2.75, 3.05) is 0 Å². The normalized spacial score (nSPS) is 15.4. The van der Waals surface area contributed by atoms with Crippen LogP contribution in [0.4, 0.5) is 0 Å². The molecule has 0 heterocycles. The fourth-order valence-electron chi connectivity index (χ4n) is 0.552. The van der Waals surface area contributed by atoms with Crippen molar-refractivity contribution in [3.63, 3.8) is 0 Å². The lowest BCUT2D eigenvalue weighted by atomic mass is 10.3. The first-order valence-corrected chi connectivity index (χ1v) is 6.16. The van der Waals surface area contributed by atoms with Gasteiger partial charge in [-0.25, -0.2) is 4.18 Å². The highest BCUT2D eigenvalue weighted by atomic mass is 32.3. The molecular weight excluding hydrogens is 240 g/mol. The van der Waals surface area contributed by atoms with Crippen molar-refractivity contribution in [1.29, 1.82) is 0 Å². The van der Waals surface area contributed by atoms with Gasteiger partial charge in [0.2, 0.25) is 0 Å². The van der Waals surface area contributed by atoms with E-state index < -0.39 is 27.1 Å². The fraction of sp³-hybridized carbons (Fsp3) is 1.00. The summed E-state index contributed by atoms with van der Waals surface area (Å²) in [6.07, 6.45) is -1.30. The highest BCUT2D eigenvalue weighted by Gasteiger charge is 2.24. The highest BCUT2D eigenvalue weighted by Crippen LogP contribution is 2.07. The van der Waals surface area contributed by atoms with Crippen LogP contribution in [0.25, 0.3) is 0 Å². The van der Waals surface area contributed by atoms with Crippen molar-refractivity contribution in [3.8, 4) is 0 Å². The second-order valence-corrected chi connectivity index (χ2v) is 4.65. The van der Waals surface area contributed by atoms with Crippen molar-refractivity contribution in [2.24, 2.45) is 0 Å². The van der Waals surface area contributed by atoms with Crippen molar-refractivity contribution < 1.29 is 34.3 Å². The summed E-state index contributed by atoms with van der Waals surface area (Å²) in [5.41, 5.74) is 0. The number of hydrogen-bond donors (Lipinski definition) is 2. The fourth-order valence-corrected chi connectivity index (χ4v) is 1.89. The van der Waals surface area contributed by atoms with Gasteiger partial charge in [-0.3, -0.25) is 4.55 Å². The van der Waals surface area contributed by atoms with Crippen LogP contribution in [0.15, 0.2) is 0 Å². The summed E-state index contributed by atoms with van der Waals surface area (Å²) in [6.45, 7) is 1.64. The maximum Gasteiger partial charge on any atom is 0.418 e. The first-order chi connectivity index (χ1) is 6.16. The zero-order valence-corrected chi connectivity index (χ0v) is 8.78. The topological polar surface area (TPSA) is 127 Å². The van der Waals surface area contributed by atoms with Gasteiger partial charge in [-0.2, -0.15) is 16.8 Å². The maximum absolute atomic E-state index is 10.6. The Hall–Kier alpha value is -0.260. The highest BCUT2D eigenvalue weighted by molar-refractivity contribution is 7.94. The van der Waals surface area contributed by atoms with E-state index in [0.717, 1.165) is 0 Å². The third-order valence-corrected chi connectivity index (χ3v) is 2.75. The van der Waals surface area contributed by atoms with E-state index in [2.05, 4.69) is 7.81 Å². The Bertz CT molecular complexity index is 353. The number of rotatable bonds is 6. The summed E-state index contributed by atoms with van der Waals surface area (Å²) < 4.78 is 56.1. The predicted molar refractivity (Wildman–Crippen MR) is 43.6 cm³/mol. The Morgan fingerprint density at radius 3 is 2.14 bits per heavy atom. The van der Waals surface area contributed by atoms with E-state index >= 15 is 0 Å². The molecule has 2 N–H and O–H groups in total. The van der Waals surface area contributed by atoms with Gasteiger partial charge in [0, 0.05) is 0 Å². The Morgan fingerprint density at radius 2 is 1.79 bits per heavy atom. The molecule has 0 aromatic heterocycles. The van der Waals surface area contributed by atoms with Crippen LogP contribution in [0, 0.1) is 0 Å². The van der Waals surface area contributed by atoms with E-state index in [4.69, 9.17) is 9.66 Å². The van der Waals surface area contributed by atoms with Gasteiger partial charge >= 0.3 is 20.8 Å². The molecule has 0 saturated carbocycles. The van der Waals surface area contributed by atoms with Crippen LogP contribution in [-0.2, 0) is 28.6 Å². The molecule has 0 radical (unpaired) electrons. The van der Waals surface area contributed by atoms with Crippen molar-refractivity contribution in [3.05, 3.63) is 0 Å². The average Bonchev–Trinajstić information content (AvgIpc) is 1.78. The number of aliphatic hydroxyl groups is 1. The van der Waals surface area contributed by atoms with Crippen LogP contribution < -0.4 is 0 Å². The largest absolute Gasteiger partial charge is 0.418 e. The first kappa shape index (κ1) is 13.7. The molecule has 0 aliphatic carbocycles. The number of aliphatic hydroxyl groups excluding tert-OH is 1. The zero-order chi connectivity index (χ0) is 11.4. The van der Waals surface area contributed by atoms with Crippen LogP contribution >= 0.6 is 0 Å². The molecule has 14 heavy (non-hydrogen) atoms. The molecular formula is C4H10O8S2. The minimum absolute atomic E-state index is 0.0198. The Morgan fingerprint density at radius 1 is 1.29 bits per heavy atom. The standard InChI is InChI=1S/C4H10O8S2/c1-2-3-4(5)11-14(9,10)12-13(6,7)8/h4-5H,2-3H2,1H3,(H,6,7,8). The minimum atomic E-state index is -5.17. The molecule has 0 aromatic carbocycles. The molecule has 0 aliphatic rings. The molecule has 0 aromatic rings. The van der Waals surface area contributed by atoms with E-state index in [9.17, 15) is 16.8 Å². The summed E-state index contributed by atoms with van der Waals surface area (Å²) in [6, 6.07) is 0. The van der Waals surface area contributed by atoms with Crippen molar-refractivity contribution >= 4 is 20.8 Å². The second kappa shape index (κ2) is 5.00. The third kappa shape index (κ3) is 7.17. The smallest absolute Gasteiger partial charge is 0.367 e. The predicted octanol–water partition coefficient (Wildman–Crippen LogP) is -0.814. The van der Waals surface area contributed by atoms with Crippen LogP contribution in [0.1, 0.15) is 19.8 Å². The van der Waals surface area contributed by atoms with Gasteiger partial charge in [0.1, 0.15) is 0 Å². The Labute approximate surface area is 81.7 Å². The van der Waals surface area contributed by atoms with Crippen molar-refractivity contribution in [1.82, 2.24) is 0 Å². The lowest BCUT2D eigenvalue weighted by Gasteiger charge is -2.08. The van der Waals surface area contributed by atoms with E-state index in [1.807, 2.05) is 0 Å². The van der Waals surface area contributed by atoms with E-state index in [1.165, 1.54) is 0 Å². The lowest BCUT2D eigenvalue weighted by molar-refractivity contribution is -0.0244.